The van der Waals surface area contributed by atoms with Crippen molar-refractivity contribution in [2.45, 2.75) is 6.54 Å². The van der Waals surface area contributed by atoms with Crippen LogP contribution in [0.3, 0.4) is 0 Å². The third kappa shape index (κ3) is 2.72. The van der Waals surface area contributed by atoms with E-state index in [-0.39, 0.29) is 0 Å². The smallest absolute Gasteiger partial charge is 0.219 e. The number of nitrogens with zero attached hydrogens (tertiary/aromatic N) is 1. The predicted octanol–water partition coefficient (Wildman–Crippen LogP) is 2.99. The van der Waals surface area contributed by atoms with E-state index in [0.29, 0.717) is 28.9 Å². The van der Waals surface area contributed by atoms with Crippen molar-refractivity contribution >= 4 is 11.6 Å². The van der Waals surface area contributed by atoms with E-state index >= 15 is 0 Å². The molecular formula is C13H13ClN2O2. The fourth-order valence-electron chi connectivity index (χ4n) is 1.49. The summed E-state index contributed by atoms with van der Waals surface area (Å²) in [7, 11) is 1.58. The van der Waals surface area contributed by atoms with Crippen LogP contribution in [0.4, 0.5) is 0 Å². The summed E-state index contributed by atoms with van der Waals surface area (Å²) in [5, 5.41) is 0.587. The first-order valence-electron chi connectivity index (χ1n) is 5.40. The highest BCUT2D eigenvalue weighted by Gasteiger charge is 2.08. The van der Waals surface area contributed by atoms with Gasteiger partial charge in [-0.15, -0.1) is 0 Å². The van der Waals surface area contributed by atoms with Gasteiger partial charge in [-0.25, -0.2) is 4.98 Å². The molecule has 4 nitrogen and oxygen atoms in total. The molecule has 2 N–H and O–H groups in total. The number of rotatable bonds is 4. The fourth-order valence-corrected chi connectivity index (χ4v) is 1.74. The van der Waals surface area contributed by atoms with E-state index in [9.17, 15) is 0 Å². The Bertz CT molecular complexity index is 529. The molecule has 1 aromatic heterocycles. The molecule has 5 heteroatoms. The Morgan fingerprint density at radius 1 is 1.28 bits per heavy atom. The second kappa shape index (κ2) is 5.71. The topological polar surface area (TPSA) is 57.4 Å². The maximum absolute atomic E-state index is 6.04. The van der Waals surface area contributed by atoms with Gasteiger partial charge in [-0.3, -0.25) is 0 Å². The molecule has 0 saturated heterocycles. The van der Waals surface area contributed by atoms with Crippen molar-refractivity contribution in [1.82, 2.24) is 4.98 Å². The van der Waals surface area contributed by atoms with Crippen LogP contribution in [0.25, 0.3) is 0 Å². The van der Waals surface area contributed by atoms with Crippen LogP contribution < -0.4 is 15.2 Å². The first kappa shape index (κ1) is 12.7. The molecule has 2 aromatic rings. The van der Waals surface area contributed by atoms with Crippen LogP contribution in [-0.2, 0) is 6.54 Å². The van der Waals surface area contributed by atoms with Crippen molar-refractivity contribution in [3.63, 3.8) is 0 Å². The molecule has 0 amide bonds. The molecule has 1 heterocycles. The number of methoxy groups -OCH3 is 1. The van der Waals surface area contributed by atoms with Crippen LogP contribution in [0.1, 0.15) is 5.56 Å². The van der Waals surface area contributed by atoms with Gasteiger partial charge in [0, 0.05) is 23.2 Å². The van der Waals surface area contributed by atoms with Crippen molar-refractivity contribution in [3.05, 3.63) is 47.1 Å². The second-order valence-electron chi connectivity index (χ2n) is 3.56. The lowest BCUT2D eigenvalue weighted by Crippen LogP contribution is -2.00. The van der Waals surface area contributed by atoms with Crippen LogP contribution in [-0.4, -0.2) is 12.1 Å². The van der Waals surface area contributed by atoms with Gasteiger partial charge >= 0.3 is 0 Å². The average molecular weight is 265 g/mol. The number of halogens is 1. The molecule has 0 spiro atoms. The van der Waals surface area contributed by atoms with Gasteiger partial charge in [0.25, 0.3) is 0 Å². The first-order valence-corrected chi connectivity index (χ1v) is 5.77. The maximum atomic E-state index is 6.04. The zero-order valence-electron chi connectivity index (χ0n) is 9.89. The van der Waals surface area contributed by atoms with Crippen molar-refractivity contribution in [2.75, 3.05) is 7.11 Å². The maximum Gasteiger partial charge on any atom is 0.219 e. The third-order valence-electron chi connectivity index (χ3n) is 2.44. The highest BCUT2D eigenvalue weighted by atomic mass is 35.5. The summed E-state index contributed by atoms with van der Waals surface area (Å²) >= 11 is 6.04. The Hall–Kier alpha value is -1.78. The lowest BCUT2D eigenvalue weighted by molar-refractivity contribution is 0.407. The molecular weight excluding hydrogens is 252 g/mol. The van der Waals surface area contributed by atoms with Gasteiger partial charge in [0.05, 0.1) is 13.3 Å². The molecule has 0 fully saturated rings. The normalized spacial score (nSPS) is 10.2. The molecule has 0 aliphatic heterocycles. The SMILES string of the molecule is COc1ccc(Oc2cccc(Cl)c2CN)nc1. The summed E-state index contributed by atoms with van der Waals surface area (Å²) in [6.07, 6.45) is 1.59. The number of hydrogen-bond acceptors (Lipinski definition) is 4. The Kier molecular flexibility index (Phi) is 4.02. The predicted molar refractivity (Wildman–Crippen MR) is 70.2 cm³/mol. The Morgan fingerprint density at radius 2 is 2.11 bits per heavy atom. The molecule has 0 saturated carbocycles. The number of ether oxygens (including phenoxy) is 2. The van der Waals surface area contributed by atoms with Gasteiger partial charge in [-0.2, -0.15) is 0 Å². The van der Waals surface area contributed by atoms with E-state index in [1.54, 1.807) is 43.6 Å². The minimum atomic E-state index is 0.311. The van der Waals surface area contributed by atoms with Crippen LogP contribution in [0.5, 0.6) is 17.4 Å². The molecule has 0 unspecified atom stereocenters. The Balaban J connectivity index is 2.25. The minimum Gasteiger partial charge on any atom is -0.495 e. The van der Waals surface area contributed by atoms with Crippen molar-refractivity contribution in [1.29, 1.82) is 0 Å². The van der Waals surface area contributed by atoms with Crippen molar-refractivity contribution < 1.29 is 9.47 Å². The Labute approximate surface area is 110 Å². The largest absolute Gasteiger partial charge is 0.495 e. The van der Waals surface area contributed by atoms with Gasteiger partial charge in [-0.1, -0.05) is 17.7 Å². The summed E-state index contributed by atoms with van der Waals surface area (Å²) in [6, 6.07) is 8.88. The third-order valence-corrected chi connectivity index (χ3v) is 2.79. The number of aromatic nitrogens is 1. The average Bonchev–Trinajstić information content (AvgIpc) is 2.40. The molecule has 1 aromatic carbocycles. The molecule has 2 rings (SSSR count). The monoisotopic (exact) mass is 264 g/mol. The number of nitrogens with two attached hydrogens (primary N) is 1. The summed E-state index contributed by atoms with van der Waals surface area (Å²) in [6.45, 7) is 0.311. The first-order chi connectivity index (χ1) is 8.74. The van der Waals surface area contributed by atoms with Gasteiger partial charge in [-0.05, 0) is 18.2 Å². The van der Waals surface area contributed by atoms with Gasteiger partial charge in [0.15, 0.2) is 0 Å². The van der Waals surface area contributed by atoms with E-state index in [1.165, 1.54) is 0 Å². The van der Waals surface area contributed by atoms with Crippen LogP contribution in [0, 0.1) is 0 Å². The molecule has 0 bridgehead atoms. The Morgan fingerprint density at radius 3 is 2.72 bits per heavy atom. The van der Waals surface area contributed by atoms with Gasteiger partial charge < -0.3 is 15.2 Å². The molecule has 0 radical (unpaired) electrons. The van der Waals surface area contributed by atoms with Crippen LogP contribution in [0.2, 0.25) is 5.02 Å². The van der Waals surface area contributed by atoms with E-state index < -0.39 is 0 Å². The fraction of sp³-hybridized carbons (Fsp3) is 0.154. The minimum absolute atomic E-state index is 0.311. The summed E-state index contributed by atoms with van der Waals surface area (Å²) in [4.78, 5) is 4.12. The number of benzene rings is 1. The standard InChI is InChI=1S/C13H13ClN2O2/c1-17-9-5-6-13(16-8-9)18-12-4-2-3-11(14)10(12)7-15/h2-6,8H,7,15H2,1H3. The lowest BCUT2D eigenvalue weighted by Gasteiger charge is -2.10. The summed E-state index contributed by atoms with van der Waals surface area (Å²) in [5.41, 5.74) is 6.41. The zero-order chi connectivity index (χ0) is 13.0. The zero-order valence-corrected chi connectivity index (χ0v) is 10.6. The molecule has 0 atom stereocenters. The quantitative estimate of drug-likeness (QED) is 0.922. The van der Waals surface area contributed by atoms with E-state index in [0.717, 1.165) is 5.56 Å². The van der Waals surface area contributed by atoms with Crippen molar-refractivity contribution in [2.24, 2.45) is 5.73 Å². The highest BCUT2D eigenvalue weighted by molar-refractivity contribution is 6.31. The molecule has 18 heavy (non-hydrogen) atoms. The number of hydrogen-bond donors (Lipinski definition) is 1. The van der Waals surface area contributed by atoms with Crippen LogP contribution >= 0.6 is 11.6 Å². The van der Waals surface area contributed by atoms with Crippen LogP contribution in [0.15, 0.2) is 36.5 Å². The van der Waals surface area contributed by atoms with E-state index in [1.807, 2.05) is 0 Å². The number of pyridine rings is 1. The molecule has 94 valence electrons. The van der Waals surface area contributed by atoms with Gasteiger partial charge in [0.1, 0.15) is 11.5 Å². The highest BCUT2D eigenvalue weighted by Crippen LogP contribution is 2.29. The summed E-state index contributed by atoms with van der Waals surface area (Å²) in [5.74, 6) is 1.75. The van der Waals surface area contributed by atoms with Crippen molar-refractivity contribution in [3.8, 4) is 17.4 Å². The second-order valence-corrected chi connectivity index (χ2v) is 3.97. The van der Waals surface area contributed by atoms with E-state index in [2.05, 4.69) is 4.98 Å². The molecule has 0 aliphatic rings. The molecule has 0 aliphatic carbocycles. The van der Waals surface area contributed by atoms with Gasteiger partial charge in [0.2, 0.25) is 5.88 Å². The summed E-state index contributed by atoms with van der Waals surface area (Å²) < 4.78 is 10.7. The van der Waals surface area contributed by atoms with E-state index in [4.69, 9.17) is 26.8 Å². The lowest BCUT2D eigenvalue weighted by atomic mass is 10.2.